The van der Waals surface area contributed by atoms with Crippen LogP contribution in [0, 0.1) is 6.92 Å². The number of hydrogen-bond acceptors (Lipinski definition) is 2. The number of Topliss-reactive ketones (excluding diaryl/α,β-unsaturated/α-hetero) is 1. The smallest absolute Gasteiger partial charge is 0.160 e. The number of rotatable bonds is 1. The molecule has 0 radical (unpaired) electrons. The first-order chi connectivity index (χ1) is 6.68. The van der Waals surface area contributed by atoms with E-state index in [0.29, 0.717) is 6.42 Å². The van der Waals surface area contributed by atoms with E-state index >= 15 is 0 Å². The summed E-state index contributed by atoms with van der Waals surface area (Å²) >= 11 is 0. The van der Waals surface area contributed by atoms with Crippen LogP contribution in [0.1, 0.15) is 31.9 Å². The van der Waals surface area contributed by atoms with Crippen LogP contribution in [0.3, 0.4) is 0 Å². The Kier molecular flexibility index (Phi) is 2.23. The van der Waals surface area contributed by atoms with Crippen molar-refractivity contribution in [1.82, 2.24) is 9.55 Å². The zero-order valence-electron chi connectivity index (χ0n) is 8.58. The van der Waals surface area contributed by atoms with Gasteiger partial charge in [-0.15, -0.1) is 0 Å². The number of hydrogen-bond donors (Lipinski definition) is 0. The number of nitrogens with zero attached hydrogens (tertiary/aromatic N) is 2. The molecular weight excluding hydrogens is 176 g/mol. The van der Waals surface area contributed by atoms with E-state index in [-0.39, 0.29) is 5.78 Å². The van der Waals surface area contributed by atoms with Gasteiger partial charge in [0.05, 0.1) is 12.0 Å². The fourth-order valence-electron chi connectivity index (χ4n) is 1.84. The Morgan fingerprint density at radius 3 is 2.79 bits per heavy atom. The van der Waals surface area contributed by atoms with Gasteiger partial charge in [0.2, 0.25) is 0 Å². The van der Waals surface area contributed by atoms with Gasteiger partial charge in [0.1, 0.15) is 0 Å². The van der Waals surface area contributed by atoms with E-state index in [1.54, 1.807) is 6.33 Å². The molecule has 1 heterocycles. The van der Waals surface area contributed by atoms with E-state index < -0.39 is 0 Å². The van der Waals surface area contributed by atoms with E-state index in [2.05, 4.69) is 4.98 Å². The second-order valence-corrected chi connectivity index (χ2v) is 3.77. The van der Waals surface area contributed by atoms with Crippen molar-refractivity contribution in [2.75, 3.05) is 0 Å². The van der Waals surface area contributed by atoms with Gasteiger partial charge in [-0.05, 0) is 26.7 Å². The van der Waals surface area contributed by atoms with Crippen molar-refractivity contribution in [2.24, 2.45) is 0 Å². The lowest BCUT2D eigenvalue weighted by atomic mass is 9.96. The van der Waals surface area contributed by atoms with Gasteiger partial charge in [-0.1, -0.05) is 0 Å². The molecule has 1 aromatic heterocycles. The van der Waals surface area contributed by atoms with Crippen molar-refractivity contribution < 1.29 is 4.79 Å². The van der Waals surface area contributed by atoms with Gasteiger partial charge >= 0.3 is 0 Å². The summed E-state index contributed by atoms with van der Waals surface area (Å²) in [7, 11) is 0. The monoisotopic (exact) mass is 190 g/mol. The number of imidazole rings is 1. The van der Waals surface area contributed by atoms with Crippen molar-refractivity contribution in [3.63, 3.8) is 0 Å². The van der Waals surface area contributed by atoms with Crippen LogP contribution in [0.25, 0.3) is 5.70 Å². The molecule has 1 aliphatic carbocycles. The molecule has 0 N–H and O–H groups in total. The molecule has 0 spiro atoms. The van der Waals surface area contributed by atoms with E-state index in [9.17, 15) is 4.79 Å². The average molecular weight is 190 g/mol. The van der Waals surface area contributed by atoms with Crippen molar-refractivity contribution in [3.05, 3.63) is 23.8 Å². The molecule has 74 valence electrons. The third-order valence-electron chi connectivity index (χ3n) is 2.69. The zero-order chi connectivity index (χ0) is 10.1. The Bertz CT molecular complexity index is 401. The minimum Gasteiger partial charge on any atom is -0.309 e. The number of ketones is 1. The van der Waals surface area contributed by atoms with Gasteiger partial charge in [0.25, 0.3) is 0 Å². The molecule has 3 nitrogen and oxygen atoms in total. The molecule has 0 saturated carbocycles. The molecule has 0 unspecified atom stereocenters. The van der Waals surface area contributed by atoms with Gasteiger partial charge in [-0.2, -0.15) is 0 Å². The summed E-state index contributed by atoms with van der Waals surface area (Å²) in [4.78, 5) is 15.7. The fraction of sp³-hybridized carbons (Fsp3) is 0.455. The second-order valence-electron chi connectivity index (χ2n) is 3.77. The number of aromatic nitrogens is 2. The van der Waals surface area contributed by atoms with Crippen molar-refractivity contribution in [2.45, 2.75) is 33.1 Å². The SMILES string of the molecule is CC1=C(n2cnc(C)c2)CCCC1=O. The van der Waals surface area contributed by atoms with Gasteiger partial charge < -0.3 is 4.57 Å². The summed E-state index contributed by atoms with van der Waals surface area (Å²) in [5.74, 6) is 0.276. The molecule has 0 amide bonds. The molecule has 0 aromatic carbocycles. The summed E-state index contributed by atoms with van der Waals surface area (Å²) in [5, 5.41) is 0. The van der Waals surface area contributed by atoms with Gasteiger partial charge in [-0.25, -0.2) is 4.98 Å². The minimum atomic E-state index is 0.276. The Morgan fingerprint density at radius 1 is 1.36 bits per heavy atom. The van der Waals surface area contributed by atoms with Crippen LogP contribution in [0.15, 0.2) is 18.1 Å². The van der Waals surface area contributed by atoms with Gasteiger partial charge in [0.15, 0.2) is 5.78 Å². The first kappa shape index (κ1) is 9.19. The predicted octanol–water partition coefficient (Wildman–Crippen LogP) is 2.18. The average Bonchev–Trinajstić information content (AvgIpc) is 2.57. The molecule has 1 aromatic rings. The van der Waals surface area contributed by atoms with Gasteiger partial charge in [-0.3, -0.25) is 4.79 Å². The molecular formula is C11H14N2O. The third-order valence-corrected chi connectivity index (χ3v) is 2.69. The summed E-state index contributed by atoms with van der Waals surface area (Å²) in [5.41, 5.74) is 3.00. The molecule has 0 aliphatic heterocycles. The molecule has 2 rings (SSSR count). The first-order valence-corrected chi connectivity index (χ1v) is 4.92. The molecule has 1 aliphatic rings. The third kappa shape index (κ3) is 1.50. The maximum atomic E-state index is 11.5. The van der Waals surface area contributed by atoms with Crippen molar-refractivity contribution in [3.8, 4) is 0 Å². The predicted molar refractivity (Wildman–Crippen MR) is 54.7 cm³/mol. The minimum absolute atomic E-state index is 0.276. The first-order valence-electron chi connectivity index (χ1n) is 4.92. The quantitative estimate of drug-likeness (QED) is 0.680. The highest BCUT2D eigenvalue weighted by Crippen LogP contribution is 2.25. The van der Waals surface area contributed by atoms with Crippen LogP contribution in [0.4, 0.5) is 0 Å². The van der Waals surface area contributed by atoms with Crippen molar-refractivity contribution >= 4 is 11.5 Å². The Balaban J connectivity index is 2.42. The van der Waals surface area contributed by atoms with Crippen LogP contribution in [0.5, 0.6) is 0 Å². The lowest BCUT2D eigenvalue weighted by Crippen LogP contribution is -2.11. The standard InChI is InChI=1S/C11H14N2O/c1-8-6-13(7-12-8)10-4-3-5-11(14)9(10)2/h6-7H,3-5H2,1-2H3. The largest absolute Gasteiger partial charge is 0.309 e. The number of carbonyl (C=O) groups is 1. The van der Waals surface area contributed by atoms with Gasteiger partial charge in [0, 0.05) is 23.9 Å². The maximum Gasteiger partial charge on any atom is 0.160 e. The number of carbonyl (C=O) groups excluding carboxylic acids is 1. The van der Waals surface area contributed by atoms with E-state index in [1.165, 1.54) is 0 Å². The number of allylic oxidation sites excluding steroid dienone is 2. The molecule has 0 bridgehead atoms. The fourth-order valence-corrected chi connectivity index (χ4v) is 1.84. The normalized spacial score (nSPS) is 17.7. The lowest BCUT2D eigenvalue weighted by molar-refractivity contribution is -0.115. The van der Waals surface area contributed by atoms with E-state index in [0.717, 1.165) is 29.8 Å². The Hall–Kier alpha value is -1.38. The van der Waals surface area contributed by atoms with E-state index in [4.69, 9.17) is 0 Å². The highest BCUT2D eigenvalue weighted by molar-refractivity contribution is 6.00. The zero-order valence-corrected chi connectivity index (χ0v) is 8.58. The molecule has 0 fully saturated rings. The maximum absolute atomic E-state index is 11.5. The topological polar surface area (TPSA) is 34.9 Å². The van der Waals surface area contributed by atoms with Crippen LogP contribution >= 0.6 is 0 Å². The molecule has 3 heteroatoms. The highest BCUT2D eigenvalue weighted by Gasteiger charge is 2.17. The van der Waals surface area contributed by atoms with Crippen molar-refractivity contribution in [1.29, 1.82) is 0 Å². The van der Waals surface area contributed by atoms with Crippen LogP contribution < -0.4 is 0 Å². The van der Waals surface area contributed by atoms with Crippen LogP contribution in [-0.4, -0.2) is 15.3 Å². The summed E-state index contributed by atoms with van der Waals surface area (Å²) < 4.78 is 1.97. The van der Waals surface area contributed by atoms with E-state index in [1.807, 2.05) is 24.6 Å². The molecule has 0 atom stereocenters. The van der Waals surface area contributed by atoms with Crippen LogP contribution in [-0.2, 0) is 4.79 Å². The summed E-state index contributed by atoms with van der Waals surface area (Å²) in [6.07, 6.45) is 6.39. The second kappa shape index (κ2) is 3.40. The number of aryl methyl sites for hydroxylation is 1. The lowest BCUT2D eigenvalue weighted by Gasteiger charge is -2.17. The highest BCUT2D eigenvalue weighted by atomic mass is 16.1. The van der Waals surface area contributed by atoms with Crippen LogP contribution in [0.2, 0.25) is 0 Å². The molecule has 14 heavy (non-hydrogen) atoms. The Morgan fingerprint density at radius 2 is 2.14 bits per heavy atom. The Labute approximate surface area is 83.5 Å². The molecule has 0 saturated heterocycles. The summed E-state index contributed by atoms with van der Waals surface area (Å²) in [6.45, 7) is 3.86. The summed E-state index contributed by atoms with van der Waals surface area (Å²) in [6, 6.07) is 0.